The van der Waals surface area contributed by atoms with E-state index in [1.54, 1.807) is 12.1 Å². The largest absolute Gasteiger partial charge is 0.463 e. The van der Waals surface area contributed by atoms with E-state index in [0.29, 0.717) is 11.1 Å². The molecule has 0 bridgehead atoms. The van der Waals surface area contributed by atoms with Crippen molar-refractivity contribution in [3.05, 3.63) is 47.5 Å². The topological polar surface area (TPSA) is 114 Å². The highest BCUT2D eigenvalue weighted by Gasteiger charge is 2.72. The van der Waals surface area contributed by atoms with E-state index in [0.717, 1.165) is 10.8 Å². The van der Waals surface area contributed by atoms with Crippen LogP contribution < -0.4 is 0 Å². The van der Waals surface area contributed by atoms with Crippen LogP contribution in [-0.4, -0.2) is 60.8 Å². The van der Waals surface area contributed by atoms with Crippen LogP contribution in [0.5, 0.6) is 0 Å². The average molecular weight is 454 g/mol. The third kappa shape index (κ3) is 3.14. The zero-order valence-corrected chi connectivity index (χ0v) is 18.2. The number of benzene rings is 2. The number of carbonyl (C=O) groups excluding carboxylic acids is 4. The van der Waals surface area contributed by atoms with Gasteiger partial charge in [-0.3, -0.25) is 19.2 Å². The lowest BCUT2D eigenvalue weighted by Crippen LogP contribution is -2.76. The van der Waals surface area contributed by atoms with Gasteiger partial charge in [-0.1, -0.05) is 36.4 Å². The summed E-state index contributed by atoms with van der Waals surface area (Å²) in [7, 11) is 0. The Morgan fingerprint density at radius 3 is 2.27 bits per heavy atom. The summed E-state index contributed by atoms with van der Waals surface area (Å²) in [6, 6.07) is 11.0. The fourth-order valence-corrected chi connectivity index (χ4v) is 5.13. The normalized spacial score (nSPS) is 31.6. The minimum Gasteiger partial charge on any atom is -0.463 e. The van der Waals surface area contributed by atoms with E-state index in [1.807, 2.05) is 24.3 Å². The molecule has 3 aliphatic rings. The zero-order chi connectivity index (χ0) is 23.5. The summed E-state index contributed by atoms with van der Waals surface area (Å²) in [6.45, 7) is 3.42. The van der Waals surface area contributed by atoms with Gasteiger partial charge in [0.15, 0.2) is 17.8 Å². The second-order valence-electron chi connectivity index (χ2n) is 8.40. The molecule has 2 heterocycles. The van der Waals surface area contributed by atoms with Crippen LogP contribution in [0.4, 0.5) is 0 Å². The van der Waals surface area contributed by atoms with E-state index in [2.05, 4.69) is 0 Å². The quantitative estimate of drug-likeness (QED) is 0.504. The van der Waals surface area contributed by atoms with Crippen molar-refractivity contribution in [3.8, 4) is 0 Å². The van der Waals surface area contributed by atoms with E-state index >= 15 is 0 Å². The summed E-state index contributed by atoms with van der Waals surface area (Å²) in [4.78, 5) is 48.8. The average Bonchev–Trinajstić information content (AvgIpc) is 3.00. The number of Topliss-reactive ketones (excluding diaryl/α,β-unsaturated/α-hetero) is 1. The number of carbonyl (C=O) groups is 4. The summed E-state index contributed by atoms with van der Waals surface area (Å²) in [5.74, 6) is -2.05. The molecule has 172 valence electrons. The van der Waals surface area contributed by atoms with Gasteiger partial charge in [0.2, 0.25) is 5.78 Å². The highest BCUT2D eigenvalue weighted by molar-refractivity contribution is 6.20. The van der Waals surface area contributed by atoms with Crippen LogP contribution in [0.3, 0.4) is 0 Å². The van der Waals surface area contributed by atoms with Crippen LogP contribution in [0.1, 0.15) is 36.7 Å². The molecule has 2 aliphatic heterocycles. The van der Waals surface area contributed by atoms with Crippen molar-refractivity contribution < 1.29 is 42.9 Å². The van der Waals surface area contributed by atoms with Crippen LogP contribution in [0.2, 0.25) is 0 Å². The van der Waals surface area contributed by atoms with Gasteiger partial charge in [-0.15, -0.1) is 0 Å². The number of esters is 3. The summed E-state index contributed by atoms with van der Waals surface area (Å²) in [5, 5.41) is 1.68. The Morgan fingerprint density at radius 1 is 0.939 bits per heavy atom. The SMILES string of the molecule is CC(=O)OC[C@H]1O[C@H]2[C@H](O[C@]23C(=O)c2cccc4cccc3c24)[C@@H](OC(C)=O)[C@@H]1OC(C)=O. The molecular formula is C24H22O9. The van der Waals surface area contributed by atoms with Crippen molar-refractivity contribution >= 4 is 34.5 Å². The number of ketones is 1. The number of rotatable bonds is 4. The summed E-state index contributed by atoms with van der Waals surface area (Å²) >= 11 is 0. The Kier molecular flexibility index (Phi) is 4.98. The fourth-order valence-electron chi connectivity index (χ4n) is 5.13. The molecule has 0 radical (unpaired) electrons. The smallest absolute Gasteiger partial charge is 0.303 e. The second kappa shape index (κ2) is 7.64. The molecule has 5 rings (SSSR count). The van der Waals surface area contributed by atoms with Crippen LogP contribution >= 0.6 is 0 Å². The summed E-state index contributed by atoms with van der Waals surface area (Å²) < 4.78 is 28.5. The highest BCUT2D eigenvalue weighted by Crippen LogP contribution is 2.56. The van der Waals surface area contributed by atoms with Crippen molar-refractivity contribution in [3.63, 3.8) is 0 Å². The van der Waals surface area contributed by atoms with Crippen molar-refractivity contribution in [2.75, 3.05) is 6.61 Å². The molecule has 2 aromatic rings. The van der Waals surface area contributed by atoms with Gasteiger partial charge in [0, 0.05) is 31.9 Å². The van der Waals surface area contributed by atoms with E-state index in [9.17, 15) is 19.2 Å². The second-order valence-corrected chi connectivity index (χ2v) is 8.40. The first-order chi connectivity index (χ1) is 15.7. The maximum Gasteiger partial charge on any atom is 0.303 e. The lowest BCUT2D eigenvalue weighted by atomic mass is 9.74. The molecule has 2 fully saturated rings. The Bertz CT molecular complexity index is 1180. The summed E-state index contributed by atoms with van der Waals surface area (Å²) in [5.41, 5.74) is -0.240. The monoisotopic (exact) mass is 454 g/mol. The fraction of sp³-hybridized carbons (Fsp3) is 0.417. The van der Waals surface area contributed by atoms with E-state index in [-0.39, 0.29) is 12.4 Å². The summed E-state index contributed by atoms with van der Waals surface area (Å²) in [6.07, 6.45) is -4.81. The van der Waals surface area contributed by atoms with E-state index in [1.165, 1.54) is 20.8 Å². The standard InChI is InChI=1S/C24H22O9/c1-11(25)29-10-17-19(30-12(2)26)20(31-13(3)27)21-23(32-17)24(33-21)16-9-5-7-14-6-4-8-15(18(14)16)22(24)28/h4-9,17,19-21,23H,10H2,1-3H3/t17-,19-,20+,21-,23+,24-/m1/s1. The van der Waals surface area contributed by atoms with Crippen molar-refractivity contribution in [2.45, 2.75) is 56.9 Å². The Labute approximate surface area is 188 Å². The van der Waals surface area contributed by atoms with E-state index in [4.69, 9.17) is 23.7 Å². The predicted molar refractivity (Wildman–Crippen MR) is 111 cm³/mol. The van der Waals surface area contributed by atoms with Crippen LogP contribution in [0.15, 0.2) is 36.4 Å². The molecule has 0 aromatic heterocycles. The molecular weight excluding hydrogens is 432 g/mol. The van der Waals surface area contributed by atoms with Crippen molar-refractivity contribution in [2.24, 2.45) is 0 Å². The Hall–Kier alpha value is -3.30. The van der Waals surface area contributed by atoms with Gasteiger partial charge >= 0.3 is 17.9 Å². The zero-order valence-electron chi connectivity index (χ0n) is 18.2. The molecule has 9 heteroatoms. The molecule has 9 nitrogen and oxygen atoms in total. The lowest BCUT2D eigenvalue weighted by molar-refractivity contribution is -0.365. The number of hydrogen-bond acceptors (Lipinski definition) is 9. The van der Waals surface area contributed by atoms with Gasteiger partial charge in [-0.2, -0.15) is 0 Å². The molecule has 0 unspecified atom stereocenters. The first-order valence-electron chi connectivity index (χ1n) is 10.6. The number of fused-ring (bicyclic) bond motifs is 3. The molecule has 6 atom stereocenters. The lowest BCUT2D eigenvalue weighted by Gasteiger charge is -2.58. The predicted octanol–water partition coefficient (Wildman–Crippen LogP) is 1.82. The molecule has 0 saturated carbocycles. The third-order valence-corrected chi connectivity index (χ3v) is 6.30. The van der Waals surface area contributed by atoms with Crippen LogP contribution in [0, 0.1) is 0 Å². The maximum atomic E-state index is 13.6. The van der Waals surface area contributed by atoms with Crippen molar-refractivity contribution in [1.29, 1.82) is 0 Å². The van der Waals surface area contributed by atoms with E-state index < -0.39 is 54.0 Å². The molecule has 0 N–H and O–H groups in total. The number of hydrogen-bond donors (Lipinski definition) is 0. The minimum atomic E-state index is -1.43. The molecule has 33 heavy (non-hydrogen) atoms. The van der Waals surface area contributed by atoms with Gasteiger partial charge in [0.25, 0.3) is 0 Å². The molecule has 1 aliphatic carbocycles. The van der Waals surface area contributed by atoms with Gasteiger partial charge in [0.05, 0.1) is 0 Å². The highest BCUT2D eigenvalue weighted by atomic mass is 16.7. The molecule has 0 amide bonds. The van der Waals surface area contributed by atoms with Crippen LogP contribution in [0.25, 0.3) is 10.8 Å². The Morgan fingerprint density at radius 2 is 1.61 bits per heavy atom. The first-order valence-corrected chi connectivity index (χ1v) is 10.6. The minimum absolute atomic E-state index is 0.254. The number of ether oxygens (including phenoxy) is 5. The van der Waals surface area contributed by atoms with Crippen LogP contribution in [-0.2, 0) is 43.7 Å². The first kappa shape index (κ1) is 21.5. The molecule has 2 saturated heterocycles. The van der Waals surface area contributed by atoms with Crippen molar-refractivity contribution in [1.82, 2.24) is 0 Å². The van der Waals surface area contributed by atoms with Gasteiger partial charge in [-0.25, -0.2) is 0 Å². The third-order valence-electron chi connectivity index (χ3n) is 6.30. The van der Waals surface area contributed by atoms with Gasteiger partial charge in [0.1, 0.15) is 24.9 Å². The van der Waals surface area contributed by atoms with Gasteiger partial charge < -0.3 is 23.7 Å². The molecule has 2 aromatic carbocycles. The molecule has 1 spiro atoms. The maximum absolute atomic E-state index is 13.6. The van der Waals surface area contributed by atoms with Gasteiger partial charge in [-0.05, 0) is 10.8 Å². The Balaban J connectivity index is 1.57.